The van der Waals surface area contributed by atoms with Crippen LogP contribution < -0.4 is 0 Å². The molecule has 0 saturated heterocycles. The number of rotatable bonds is 6. The summed E-state index contributed by atoms with van der Waals surface area (Å²) >= 11 is 0. The maximum absolute atomic E-state index is 2.42. The van der Waals surface area contributed by atoms with Gasteiger partial charge in [-0.05, 0) is 32.1 Å². The summed E-state index contributed by atoms with van der Waals surface area (Å²) in [6, 6.07) is 0. The molecular formula is C13H26. The Morgan fingerprint density at radius 3 is 2.15 bits per heavy atom. The molecule has 0 aromatic heterocycles. The van der Waals surface area contributed by atoms with Crippen LogP contribution in [0.2, 0.25) is 0 Å². The van der Waals surface area contributed by atoms with E-state index in [1.165, 1.54) is 32.1 Å². The molecule has 0 aliphatic rings. The summed E-state index contributed by atoms with van der Waals surface area (Å²) in [4.78, 5) is 0. The molecule has 0 saturated carbocycles. The Hall–Kier alpha value is -0.260. The van der Waals surface area contributed by atoms with Gasteiger partial charge in [0.25, 0.3) is 0 Å². The predicted octanol–water partition coefficient (Wildman–Crippen LogP) is 4.95. The van der Waals surface area contributed by atoms with Crippen molar-refractivity contribution in [2.24, 2.45) is 5.41 Å². The first-order chi connectivity index (χ1) is 6.10. The molecule has 0 aliphatic carbocycles. The van der Waals surface area contributed by atoms with E-state index in [0.717, 1.165) is 0 Å². The van der Waals surface area contributed by atoms with Crippen LogP contribution in [-0.4, -0.2) is 0 Å². The molecule has 0 spiro atoms. The third-order valence-electron chi connectivity index (χ3n) is 3.27. The van der Waals surface area contributed by atoms with Crippen molar-refractivity contribution in [3.8, 4) is 0 Å². The standard InChI is InChI=1S/C13H26/c1-6-9-11-13(5,10-7-2)12(4)8-3/h8H,6-7,9-11H2,1-5H3. The normalized spacial score (nSPS) is 17.2. The fraction of sp³-hybridized carbons (Fsp3) is 0.846. The van der Waals surface area contributed by atoms with E-state index in [4.69, 9.17) is 0 Å². The first-order valence-electron chi connectivity index (χ1n) is 5.74. The Bertz CT molecular complexity index is 155. The minimum Gasteiger partial charge on any atom is -0.0882 e. The molecule has 0 aromatic carbocycles. The van der Waals surface area contributed by atoms with E-state index < -0.39 is 0 Å². The van der Waals surface area contributed by atoms with Crippen molar-refractivity contribution < 1.29 is 0 Å². The van der Waals surface area contributed by atoms with Crippen LogP contribution in [0.25, 0.3) is 0 Å². The summed E-state index contributed by atoms with van der Waals surface area (Å²) in [5.74, 6) is 0. The molecule has 0 heterocycles. The molecular weight excluding hydrogens is 156 g/mol. The minimum atomic E-state index is 0.472. The lowest BCUT2D eigenvalue weighted by molar-refractivity contribution is 0.321. The topological polar surface area (TPSA) is 0 Å². The maximum Gasteiger partial charge on any atom is -0.0119 e. The highest BCUT2D eigenvalue weighted by Gasteiger charge is 2.23. The lowest BCUT2D eigenvalue weighted by Gasteiger charge is -2.30. The largest absolute Gasteiger partial charge is 0.0882 e. The average Bonchev–Trinajstić information content (AvgIpc) is 2.14. The van der Waals surface area contributed by atoms with Crippen LogP contribution in [0.5, 0.6) is 0 Å². The number of unbranched alkanes of at least 4 members (excludes halogenated alkanes) is 1. The molecule has 78 valence electrons. The molecule has 0 amide bonds. The smallest absolute Gasteiger partial charge is 0.0119 e. The van der Waals surface area contributed by atoms with E-state index >= 15 is 0 Å². The van der Waals surface area contributed by atoms with Crippen LogP contribution in [0.15, 0.2) is 11.6 Å². The second-order valence-corrected chi connectivity index (χ2v) is 4.39. The second kappa shape index (κ2) is 6.23. The van der Waals surface area contributed by atoms with Gasteiger partial charge in [-0.3, -0.25) is 0 Å². The van der Waals surface area contributed by atoms with Crippen molar-refractivity contribution >= 4 is 0 Å². The second-order valence-electron chi connectivity index (χ2n) is 4.39. The van der Waals surface area contributed by atoms with E-state index in [2.05, 4.69) is 40.7 Å². The summed E-state index contributed by atoms with van der Waals surface area (Å²) in [5, 5.41) is 0. The van der Waals surface area contributed by atoms with Crippen LogP contribution in [-0.2, 0) is 0 Å². The zero-order chi connectivity index (χ0) is 10.3. The zero-order valence-corrected chi connectivity index (χ0v) is 10.1. The first-order valence-corrected chi connectivity index (χ1v) is 5.74. The van der Waals surface area contributed by atoms with Gasteiger partial charge < -0.3 is 0 Å². The Morgan fingerprint density at radius 2 is 1.77 bits per heavy atom. The molecule has 0 fully saturated rings. The average molecular weight is 182 g/mol. The summed E-state index contributed by atoms with van der Waals surface area (Å²) in [6.07, 6.45) is 8.95. The van der Waals surface area contributed by atoms with Crippen LogP contribution in [0.1, 0.15) is 66.7 Å². The van der Waals surface area contributed by atoms with Crippen molar-refractivity contribution in [3.63, 3.8) is 0 Å². The Morgan fingerprint density at radius 1 is 1.15 bits per heavy atom. The highest BCUT2D eigenvalue weighted by atomic mass is 14.3. The Balaban J connectivity index is 4.33. The highest BCUT2D eigenvalue weighted by Crippen LogP contribution is 2.37. The molecule has 0 aliphatic heterocycles. The maximum atomic E-state index is 2.42. The Kier molecular flexibility index (Phi) is 6.11. The molecule has 1 atom stereocenters. The van der Waals surface area contributed by atoms with Crippen molar-refractivity contribution in [1.29, 1.82) is 0 Å². The first kappa shape index (κ1) is 12.7. The zero-order valence-electron chi connectivity index (χ0n) is 10.1. The number of hydrogen-bond acceptors (Lipinski definition) is 0. The lowest BCUT2D eigenvalue weighted by Crippen LogP contribution is -2.17. The van der Waals surface area contributed by atoms with E-state index in [1.54, 1.807) is 5.57 Å². The van der Waals surface area contributed by atoms with Crippen molar-refractivity contribution in [2.45, 2.75) is 66.7 Å². The summed E-state index contributed by atoms with van der Waals surface area (Å²) in [7, 11) is 0. The van der Waals surface area contributed by atoms with Crippen LogP contribution in [0.3, 0.4) is 0 Å². The molecule has 0 nitrogen and oxygen atoms in total. The fourth-order valence-electron chi connectivity index (χ4n) is 1.99. The van der Waals surface area contributed by atoms with Gasteiger partial charge in [0.05, 0.1) is 0 Å². The molecule has 0 aromatic rings. The van der Waals surface area contributed by atoms with E-state index in [0.29, 0.717) is 5.41 Å². The summed E-state index contributed by atoms with van der Waals surface area (Å²) < 4.78 is 0. The molecule has 0 heteroatoms. The molecule has 0 bridgehead atoms. The van der Waals surface area contributed by atoms with Crippen LogP contribution in [0, 0.1) is 5.41 Å². The van der Waals surface area contributed by atoms with Crippen LogP contribution >= 0.6 is 0 Å². The predicted molar refractivity (Wildman–Crippen MR) is 62.0 cm³/mol. The summed E-state index contributed by atoms with van der Waals surface area (Å²) in [6.45, 7) is 11.4. The lowest BCUT2D eigenvalue weighted by atomic mass is 9.75. The fourth-order valence-corrected chi connectivity index (χ4v) is 1.99. The van der Waals surface area contributed by atoms with Gasteiger partial charge in [0, 0.05) is 0 Å². The molecule has 0 radical (unpaired) electrons. The van der Waals surface area contributed by atoms with Gasteiger partial charge in [0.15, 0.2) is 0 Å². The van der Waals surface area contributed by atoms with E-state index in [-0.39, 0.29) is 0 Å². The van der Waals surface area contributed by atoms with Crippen LogP contribution in [0.4, 0.5) is 0 Å². The molecule has 1 unspecified atom stereocenters. The van der Waals surface area contributed by atoms with Gasteiger partial charge in [0.1, 0.15) is 0 Å². The minimum absolute atomic E-state index is 0.472. The highest BCUT2D eigenvalue weighted by molar-refractivity contribution is 5.09. The quantitative estimate of drug-likeness (QED) is 0.510. The molecule has 0 N–H and O–H groups in total. The number of allylic oxidation sites excluding steroid dienone is 2. The molecule has 0 rings (SSSR count). The third-order valence-corrected chi connectivity index (χ3v) is 3.27. The van der Waals surface area contributed by atoms with Gasteiger partial charge in [-0.2, -0.15) is 0 Å². The molecule has 13 heavy (non-hydrogen) atoms. The third kappa shape index (κ3) is 3.97. The van der Waals surface area contributed by atoms with Gasteiger partial charge in [-0.1, -0.05) is 51.7 Å². The van der Waals surface area contributed by atoms with E-state index in [1.807, 2.05) is 0 Å². The summed E-state index contributed by atoms with van der Waals surface area (Å²) in [5.41, 5.74) is 2.04. The van der Waals surface area contributed by atoms with Gasteiger partial charge in [-0.15, -0.1) is 0 Å². The van der Waals surface area contributed by atoms with Gasteiger partial charge >= 0.3 is 0 Å². The number of hydrogen-bond donors (Lipinski definition) is 0. The van der Waals surface area contributed by atoms with Gasteiger partial charge in [0.2, 0.25) is 0 Å². The van der Waals surface area contributed by atoms with Crippen molar-refractivity contribution in [2.75, 3.05) is 0 Å². The SMILES string of the molecule is CC=C(C)C(C)(CCC)CCCC. The van der Waals surface area contributed by atoms with Crippen molar-refractivity contribution in [1.82, 2.24) is 0 Å². The van der Waals surface area contributed by atoms with Gasteiger partial charge in [-0.25, -0.2) is 0 Å². The Labute approximate surface area is 84.4 Å². The van der Waals surface area contributed by atoms with E-state index in [9.17, 15) is 0 Å². The monoisotopic (exact) mass is 182 g/mol. The van der Waals surface area contributed by atoms with Crippen molar-refractivity contribution in [3.05, 3.63) is 11.6 Å².